The molecule has 0 aliphatic heterocycles. The number of benzene rings is 4. The molecule has 4 rings (SSSR count). The van der Waals surface area contributed by atoms with Crippen molar-refractivity contribution in [3.05, 3.63) is 131 Å². The van der Waals surface area contributed by atoms with Crippen molar-refractivity contribution in [2.75, 3.05) is 0 Å². The highest BCUT2D eigenvalue weighted by Crippen LogP contribution is 2.23. The standard InChI is InChI=1S/C28H20F2O/c29-25-13-5-21(6-14-25)1-3-23-9-17-27(18-10-23)31-28-19-11-24(12-20-28)4-2-22-7-15-26(30)16-8-22/h1-20H. The second-order valence-electron chi connectivity index (χ2n) is 7.01. The molecule has 31 heavy (non-hydrogen) atoms. The van der Waals surface area contributed by atoms with Crippen molar-refractivity contribution in [2.45, 2.75) is 0 Å². The Bertz CT molecular complexity index is 1070. The maximum atomic E-state index is 13.0. The van der Waals surface area contributed by atoms with Gasteiger partial charge in [-0.15, -0.1) is 0 Å². The van der Waals surface area contributed by atoms with Gasteiger partial charge in [-0.2, -0.15) is 0 Å². The van der Waals surface area contributed by atoms with Crippen LogP contribution in [0.25, 0.3) is 24.3 Å². The lowest BCUT2D eigenvalue weighted by Gasteiger charge is -2.06. The van der Waals surface area contributed by atoms with Gasteiger partial charge in [-0.25, -0.2) is 8.78 Å². The zero-order valence-electron chi connectivity index (χ0n) is 16.7. The Balaban J connectivity index is 1.35. The minimum absolute atomic E-state index is 0.240. The van der Waals surface area contributed by atoms with Crippen molar-refractivity contribution >= 4 is 24.3 Å². The van der Waals surface area contributed by atoms with Gasteiger partial charge in [-0.05, 0) is 70.8 Å². The fourth-order valence-electron chi connectivity index (χ4n) is 2.96. The summed E-state index contributed by atoms with van der Waals surface area (Å²) in [6, 6.07) is 28.2. The van der Waals surface area contributed by atoms with E-state index in [2.05, 4.69) is 0 Å². The fraction of sp³-hybridized carbons (Fsp3) is 0. The highest BCUT2D eigenvalue weighted by molar-refractivity contribution is 5.70. The Morgan fingerprint density at radius 2 is 0.645 bits per heavy atom. The topological polar surface area (TPSA) is 9.23 Å². The van der Waals surface area contributed by atoms with E-state index in [9.17, 15) is 8.78 Å². The van der Waals surface area contributed by atoms with Gasteiger partial charge in [0.25, 0.3) is 0 Å². The lowest BCUT2D eigenvalue weighted by molar-refractivity contribution is 0.482. The fourth-order valence-corrected chi connectivity index (χ4v) is 2.96. The molecule has 1 nitrogen and oxygen atoms in total. The summed E-state index contributed by atoms with van der Waals surface area (Å²) in [6.45, 7) is 0. The number of ether oxygens (including phenoxy) is 1. The second-order valence-corrected chi connectivity index (χ2v) is 7.01. The van der Waals surface area contributed by atoms with E-state index in [4.69, 9.17) is 4.74 Å². The van der Waals surface area contributed by atoms with Crippen molar-refractivity contribution in [3.8, 4) is 11.5 Å². The summed E-state index contributed by atoms with van der Waals surface area (Å²) < 4.78 is 31.8. The van der Waals surface area contributed by atoms with Gasteiger partial charge in [-0.3, -0.25) is 0 Å². The Labute approximate surface area is 180 Å². The summed E-state index contributed by atoms with van der Waals surface area (Å²) >= 11 is 0. The van der Waals surface area contributed by atoms with Gasteiger partial charge in [0.05, 0.1) is 0 Å². The van der Waals surface area contributed by atoms with Gasteiger partial charge in [-0.1, -0.05) is 72.8 Å². The molecule has 0 atom stereocenters. The van der Waals surface area contributed by atoms with E-state index < -0.39 is 0 Å². The Morgan fingerprint density at radius 3 is 0.935 bits per heavy atom. The molecule has 0 fully saturated rings. The Morgan fingerprint density at radius 1 is 0.387 bits per heavy atom. The third-order valence-corrected chi connectivity index (χ3v) is 4.67. The van der Waals surface area contributed by atoms with E-state index in [-0.39, 0.29) is 11.6 Å². The zero-order chi connectivity index (χ0) is 21.5. The van der Waals surface area contributed by atoms with E-state index in [1.807, 2.05) is 72.8 Å². The number of rotatable bonds is 6. The maximum Gasteiger partial charge on any atom is 0.127 e. The number of hydrogen-bond donors (Lipinski definition) is 0. The minimum atomic E-state index is -0.240. The molecular formula is C28H20F2O. The van der Waals surface area contributed by atoms with Gasteiger partial charge in [0.15, 0.2) is 0 Å². The van der Waals surface area contributed by atoms with Crippen LogP contribution in [0.2, 0.25) is 0 Å². The third-order valence-electron chi connectivity index (χ3n) is 4.67. The van der Waals surface area contributed by atoms with Crippen LogP contribution in [0.5, 0.6) is 11.5 Å². The summed E-state index contributed by atoms with van der Waals surface area (Å²) in [5.41, 5.74) is 3.93. The third kappa shape index (κ3) is 6.00. The summed E-state index contributed by atoms with van der Waals surface area (Å²) in [5.74, 6) is 1.01. The van der Waals surface area contributed by atoms with Crippen LogP contribution in [0.1, 0.15) is 22.3 Å². The van der Waals surface area contributed by atoms with Crippen molar-refractivity contribution in [1.29, 1.82) is 0 Å². The monoisotopic (exact) mass is 410 g/mol. The highest BCUT2D eigenvalue weighted by atomic mass is 19.1. The molecule has 3 heteroatoms. The first-order valence-corrected chi connectivity index (χ1v) is 9.89. The second kappa shape index (κ2) is 9.68. The van der Waals surface area contributed by atoms with Crippen molar-refractivity contribution < 1.29 is 13.5 Å². The van der Waals surface area contributed by atoms with Gasteiger partial charge in [0, 0.05) is 0 Å². The van der Waals surface area contributed by atoms with Gasteiger partial charge < -0.3 is 4.74 Å². The first-order chi connectivity index (χ1) is 15.1. The molecule has 0 aliphatic rings. The van der Waals surface area contributed by atoms with Crippen LogP contribution in [-0.4, -0.2) is 0 Å². The molecule has 0 amide bonds. The van der Waals surface area contributed by atoms with Crippen molar-refractivity contribution in [2.24, 2.45) is 0 Å². The van der Waals surface area contributed by atoms with Crippen LogP contribution in [0.3, 0.4) is 0 Å². The molecule has 0 aromatic heterocycles. The first kappa shape index (κ1) is 20.3. The average molecular weight is 410 g/mol. The number of hydrogen-bond acceptors (Lipinski definition) is 1. The highest BCUT2D eigenvalue weighted by Gasteiger charge is 1.98. The maximum absolute atomic E-state index is 13.0. The Kier molecular flexibility index (Phi) is 6.34. The van der Waals surface area contributed by atoms with Crippen LogP contribution in [0, 0.1) is 11.6 Å². The molecule has 0 spiro atoms. The quantitative estimate of drug-likeness (QED) is 0.292. The summed E-state index contributed by atoms with van der Waals surface area (Å²) in [7, 11) is 0. The lowest BCUT2D eigenvalue weighted by atomic mass is 10.1. The van der Waals surface area contributed by atoms with E-state index in [1.54, 1.807) is 24.3 Å². The largest absolute Gasteiger partial charge is 0.457 e. The van der Waals surface area contributed by atoms with E-state index in [0.717, 1.165) is 33.8 Å². The average Bonchev–Trinajstić information content (AvgIpc) is 2.80. The molecule has 0 heterocycles. The van der Waals surface area contributed by atoms with Crippen LogP contribution >= 0.6 is 0 Å². The molecule has 0 N–H and O–H groups in total. The van der Waals surface area contributed by atoms with E-state index >= 15 is 0 Å². The van der Waals surface area contributed by atoms with E-state index in [0.29, 0.717) is 0 Å². The van der Waals surface area contributed by atoms with Gasteiger partial charge in [0.2, 0.25) is 0 Å². The molecule has 0 saturated carbocycles. The van der Waals surface area contributed by atoms with Crippen molar-refractivity contribution in [3.63, 3.8) is 0 Å². The molecule has 152 valence electrons. The van der Waals surface area contributed by atoms with Crippen LogP contribution < -0.4 is 4.74 Å². The normalized spacial score (nSPS) is 11.3. The molecule has 0 saturated heterocycles. The summed E-state index contributed by atoms with van der Waals surface area (Å²) in [6.07, 6.45) is 7.82. The predicted octanol–water partition coefficient (Wildman–Crippen LogP) is 8.10. The van der Waals surface area contributed by atoms with Gasteiger partial charge >= 0.3 is 0 Å². The number of halogens is 2. The zero-order valence-corrected chi connectivity index (χ0v) is 16.7. The Hall–Kier alpha value is -3.98. The molecule has 0 unspecified atom stereocenters. The first-order valence-electron chi connectivity index (χ1n) is 9.89. The summed E-state index contributed by atoms with van der Waals surface area (Å²) in [5, 5.41) is 0. The van der Waals surface area contributed by atoms with Crippen LogP contribution in [0.4, 0.5) is 8.78 Å². The predicted molar refractivity (Wildman–Crippen MR) is 124 cm³/mol. The molecule has 4 aromatic carbocycles. The molecule has 0 aliphatic carbocycles. The molecule has 4 aromatic rings. The van der Waals surface area contributed by atoms with Gasteiger partial charge in [0.1, 0.15) is 23.1 Å². The molecular weight excluding hydrogens is 390 g/mol. The minimum Gasteiger partial charge on any atom is -0.457 e. The smallest absolute Gasteiger partial charge is 0.127 e. The molecule has 0 bridgehead atoms. The van der Waals surface area contributed by atoms with Crippen LogP contribution in [0.15, 0.2) is 97.1 Å². The van der Waals surface area contributed by atoms with Crippen LogP contribution in [-0.2, 0) is 0 Å². The lowest BCUT2D eigenvalue weighted by Crippen LogP contribution is -1.84. The SMILES string of the molecule is Fc1ccc(C=Cc2ccc(Oc3ccc(C=Cc4ccc(F)cc4)cc3)cc2)cc1. The van der Waals surface area contributed by atoms with Crippen molar-refractivity contribution in [1.82, 2.24) is 0 Å². The molecule has 0 radical (unpaired) electrons. The summed E-state index contributed by atoms with van der Waals surface area (Å²) in [4.78, 5) is 0. The van der Waals surface area contributed by atoms with E-state index in [1.165, 1.54) is 24.3 Å².